The number of pyridine rings is 1. The summed E-state index contributed by atoms with van der Waals surface area (Å²) in [4.78, 5) is 15.0. The second-order valence-electron chi connectivity index (χ2n) is 4.30. The smallest absolute Gasteiger partial charge is 0.335 e. The molecule has 2 aromatic rings. The van der Waals surface area contributed by atoms with Crippen LogP contribution < -0.4 is 0 Å². The Labute approximate surface area is 108 Å². The number of hydrogen-bond acceptors (Lipinski definition) is 3. The van der Waals surface area contributed by atoms with Gasteiger partial charge in [-0.15, -0.1) is 0 Å². The number of carbonyl (C=O) groups is 1. The van der Waals surface area contributed by atoms with Crippen LogP contribution in [0.3, 0.4) is 0 Å². The van der Waals surface area contributed by atoms with Crippen molar-refractivity contribution in [2.75, 3.05) is 0 Å². The maximum absolute atomic E-state index is 10.9. The molecule has 3 rings (SSSR count). The molecule has 1 saturated carbocycles. The highest BCUT2D eigenvalue weighted by Crippen LogP contribution is 2.39. The molecule has 1 N–H and O–H groups in total. The van der Waals surface area contributed by atoms with Gasteiger partial charge in [-0.3, -0.25) is 0 Å². The van der Waals surface area contributed by atoms with Crippen molar-refractivity contribution in [1.82, 2.24) is 14.8 Å². The Bertz CT molecular complexity index is 620. The summed E-state index contributed by atoms with van der Waals surface area (Å²) in [6, 6.07) is 4.71. The summed E-state index contributed by atoms with van der Waals surface area (Å²) >= 11 is 5.81. The fourth-order valence-corrected chi connectivity index (χ4v) is 1.99. The molecule has 0 amide bonds. The van der Waals surface area contributed by atoms with Crippen LogP contribution in [0.5, 0.6) is 0 Å². The summed E-state index contributed by atoms with van der Waals surface area (Å²) in [5.41, 5.74) is 1.13. The minimum absolute atomic E-state index is 0.105. The molecule has 0 bridgehead atoms. The second kappa shape index (κ2) is 4.10. The van der Waals surface area contributed by atoms with Gasteiger partial charge in [0, 0.05) is 12.1 Å². The summed E-state index contributed by atoms with van der Waals surface area (Å²) < 4.78 is 1.56. The molecule has 0 saturated heterocycles. The Morgan fingerprint density at radius 1 is 1.44 bits per heavy atom. The molecule has 0 aromatic carbocycles. The quantitative estimate of drug-likeness (QED) is 0.864. The molecule has 0 aliphatic heterocycles. The molecule has 2 heterocycles. The Hall–Kier alpha value is -1.88. The summed E-state index contributed by atoms with van der Waals surface area (Å²) in [6.45, 7) is 0. The van der Waals surface area contributed by atoms with E-state index in [1.54, 1.807) is 10.9 Å². The van der Waals surface area contributed by atoms with E-state index in [4.69, 9.17) is 16.7 Å². The van der Waals surface area contributed by atoms with Crippen LogP contribution in [0.1, 0.15) is 34.8 Å². The summed E-state index contributed by atoms with van der Waals surface area (Å²) in [5.74, 6) is -0.0636. The van der Waals surface area contributed by atoms with E-state index >= 15 is 0 Å². The first-order valence-electron chi connectivity index (χ1n) is 5.60. The fraction of sp³-hybridized carbons (Fsp3) is 0.250. The van der Waals surface area contributed by atoms with Crippen molar-refractivity contribution < 1.29 is 9.90 Å². The van der Waals surface area contributed by atoms with Crippen molar-refractivity contribution in [3.05, 3.63) is 40.8 Å². The third-order valence-corrected chi connectivity index (χ3v) is 3.06. The van der Waals surface area contributed by atoms with Gasteiger partial charge in [0.05, 0.1) is 11.3 Å². The SMILES string of the molecule is O=C(O)c1cc(Cl)nc(-n2ccc(C3CC3)n2)c1. The third kappa shape index (κ3) is 2.09. The van der Waals surface area contributed by atoms with Crippen molar-refractivity contribution in [1.29, 1.82) is 0 Å². The Morgan fingerprint density at radius 3 is 2.89 bits per heavy atom. The monoisotopic (exact) mass is 263 g/mol. The topological polar surface area (TPSA) is 68.0 Å². The number of carboxylic acid groups (broad SMARTS) is 1. The van der Waals surface area contributed by atoms with Crippen molar-refractivity contribution in [2.24, 2.45) is 0 Å². The van der Waals surface area contributed by atoms with Gasteiger partial charge >= 0.3 is 5.97 Å². The van der Waals surface area contributed by atoms with Crippen LogP contribution in [-0.4, -0.2) is 25.8 Å². The molecule has 0 atom stereocenters. The van der Waals surface area contributed by atoms with Gasteiger partial charge in [-0.2, -0.15) is 5.10 Å². The van der Waals surface area contributed by atoms with Crippen LogP contribution in [0.15, 0.2) is 24.4 Å². The summed E-state index contributed by atoms with van der Waals surface area (Å²) in [6.07, 6.45) is 4.11. The minimum atomic E-state index is -1.03. The average Bonchev–Trinajstić information content (AvgIpc) is 3.06. The van der Waals surface area contributed by atoms with Crippen LogP contribution in [0.4, 0.5) is 0 Å². The van der Waals surface area contributed by atoms with Gasteiger partial charge < -0.3 is 5.11 Å². The number of aromatic nitrogens is 3. The van der Waals surface area contributed by atoms with E-state index in [1.807, 2.05) is 6.07 Å². The number of carboxylic acids is 1. The zero-order valence-corrected chi connectivity index (χ0v) is 10.1. The molecule has 1 aliphatic rings. The van der Waals surface area contributed by atoms with Crippen LogP contribution in [0.25, 0.3) is 5.82 Å². The van der Waals surface area contributed by atoms with Gasteiger partial charge in [-0.05, 0) is 31.0 Å². The lowest BCUT2D eigenvalue weighted by Crippen LogP contribution is -2.04. The predicted octanol–water partition coefficient (Wildman–Crippen LogP) is 2.50. The third-order valence-electron chi connectivity index (χ3n) is 2.87. The van der Waals surface area contributed by atoms with Crippen molar-refractivity contribution in [3.8, 4) is 5.82 Å². The van der Waals surface area contributed by atoms with E-state index < -0.39 is 5.97 Å². The highest BCUT2D eigenvalue weighted by Gasteiger charge is 2.26. The molecule has 92 valence electrons. The van der Waals surface area contributed by atoms with E-state index in [0.717, 1.165) is 5.69 Å². The molecule has 2 aromatic heterocycles. The van der Waals surface area contributed by atoms with Crippen LogP contribution in [-0.2, 0) is 0 Å². The van der Waals surface area contributed by atoms with Gasteiger partial charge in [0.25, 0.3) is 0 Å². The van der Waals surface area contributed by atoms with E-state index in [2.05, 4.69) is 10.1 Å². The van der Waals surface area contributed by atoms with Crippen molar-refractivity contribution in [3.63, 3.8) is 0 Å². The van der Waals surface area contributed by atoms with Gasteiger partial charge in [0.2, 0.25) is 0 Å². The van der Waals surface area contributed by atoms with Gasteiger partial charge in [0.15, 0.2) is 5.82 Å². The average molecular weight is 264 g/mol. The molecule has 6 heteroatoms. The molecule has 18 heavy (non-hydrogen) atoms. The first kappa shape index (κ1) is 11.2. The molecule has 0 unspecified atom stereocenters. The first-order chi connectivity index (χ1) is 8.63. The standard InChI is InChI=1S/C12H10ClN3O2/c13-10-5-8(12(17)18)6-11(14-10)16-4-3-9(15-16)7-1-2-7/h3-7H,1-2H2,(H,17,18). The Kier molecular flexibility index (Phi) is 2.56. The van der Waals surface area contributed by atoms with E-state index in [1.165, 1.54) is 25.0 Å². The number of rotatable bonds is 3. The molecular formula is C12H10ClN3O2. The number of nitrogens with zero attached hydrogens (tertiary/aromatic N) is 3. The highest BCUT2D eigenvalue weighted by atomic mass is 35.5. The zero-order chi connectivity index (χ0) is 12.7. The van der Waals surface area contributed by atoms with E-state index in [9.17, 15) is 4.79 Å². The maximum Gasteiger partial charge on any atom is 0.335 e. The van der Waals surface area contributed by atoms with E-state index in [0.29, 0.717) is 11.7 Å². The normalized spacial score (nSPS) is 14.7. The molecule has 1 aliphatic carbocycles. The predicted molar refractivity (Wildman–Crippen MR) is 65.3 cm³/mol. The van der Waals surface area contributed by atoms with E-state index in [-0.39, 0.29) is 10.7 Å². The molecular weight excluding hydrogens is 254 g/mol. The van der Waals surface area contributed by atoms with Gasteiger partial charge in [-0.25, -0.2) is 14.5 Å². The van der Waals surface area contributed by atoms with Gasteiger partial charge in [0.1, 0.15) is 5.15 Å². The highest BCUT2D eigenvalue weighted by molar-refractivity contribution is 6.29. The molecule has 0 radical (unpaired) electrons. The lowest BCUT2D eigenvalue weighted by atomic mass is 10.2. The number of halogens is 1. The Balaban J connectivity index is 2.01. The summed E-state index contributed by atoms with van der Waals surface area (Å²) in [5, 5.41) is 13.5. The van der Waals surface area contributed by atoms with Crippen LogP contribution in [0.2, 0.25) is 5.15 Å². The molecule has 1 fully saturated rings. The molecule has 5 nitrogen and oxygen atoms in total. The molecule has 0 spiro atoms. The van der Waals surface area contributed by atoms with Crippen LogP contribution in [0, 0.1) is 0 Å². The summed E-state index contributed by atoms with van der Waals surface area (Å²) in [7, 11) is 0. The number of hydrogen-bond donors (Lipinski definition) is 1. The fourth-order valence-electron chi connectivity index (χ4n) is 1.79. The minimum Gasteiger partial charge on any atom is -0.478 e. The van der Waals surface area contributed by atoms with Crippen molar-refractivity contribution in [2.45, 2.75) is 18.8 Å². The first-order valence-corrected chi connectivity index (χ1v) is 5.98. The second-order valence-corrected chi connectivity index (χ2v) is 4.69. The maximum atomic E-state index is 10.9. The zero-order valence-electron chi connectivity index (χ0n) is 9.38. The lowest BCUT2D eigenvalue weighted by molar-refractivity contribution is 0.0696. The number of aromatic carboxylic acids is 1. The van der Waals surface area contributed by atoms with Crippen LogP contribution >= 0.6 is 11.6 Å². The Morgan fingerprint density at radius 2 is 2.22 bits per heavy atom. The van der Waals surface area contributed by atoms with Gasteiger partial charge in [-0.1, -0.05) is 11.6 Å². The lowest BCUT2D eigenvalue weighted by Gasteiger charge is -2.03. The largest absolute Gasteiger partial charge is 0.478 e. The van der Waals surface area contributed by atoms with Crippen molar-refractivity contribution >= 4 is 17.6 Å².